The van der Waals surface area contributed by atoms with Crippen LogP contribution in [0.3, 0.4) is 0 Å². The van der Waals surface area contributed by atoms with Gasteiger partial charge in [-0.2, -0.15) is 0 Å². The highest BCUT2D eigenvalue weighted by molar-refractivity contribution is 5.84. The van der Waals surface area contributed by atoms with Crippen molar-refractivity contribution in [3.05, 3.63) is 29.8 Å². The maximum absolute atomic E-state index is 12.5. The normalized spacial score (nSPS) is 23.7. The summed E-state index contributed by atoms with van der Waals surface area (Å²) in [5.74, 6) is 0.944. The van der Waals surface area contributed by atoms with Crippen LogP contribution >= 0.6 is 0 Å². The van der Waals surface area contributed by atoms with Crippen molar-refractivity contribution in [2.45, 2.75) is 32.1 Å². The first-order chi connectivity index (χ1) is 9.95. The van der Waals surface area contributed by atoms with Gasteiger partial charge in [0.15, 0.2) is 0 Å². The molecule has 0 aliphatic carbocycles. The number of likely N-dealkylation sites (N-methyl/N-ethyl adjacent to an activating group) is 1. The van der Waals surface area contributed by atoms with E-state index in [1.165, 1.54) is 0 Å². The van der Waals surface area contributed by atoms with E-state index in [1.54, 1.807) is 7.11 Å². The molecule has 5 nitrogen and oxygen atoms in total. The van der Waals surface area contributed by atoms with Crippen molar-refractivity contribution in [3.63, 3.8) is 0 Å². The Kier molecular flexibility index (Phi) is 4.85. The van der Waals surface area contributed by atoms with E-state index in [0.29, 0.717) is 0 Å². The molecule has 1 saturated heterocycles. The molecule has 21 heavy (non-hydrogen) atoms. The fraction of sp³-hybridized carbons (Fsp3) is 0.562. The number of amides is 1. The Hall–Kier alpha value is -1.59. The Labute approximate surface area is 126 Å². The van der Waals surface area contributed by atoms with Gasteiger partial charge in [-0.05, 0) is 34.0 Å². The molecular formula is C16H25N3O2. The summed E-state index contributed by atoms with van der Waals surface area (Å²) in [5.41, 5.74) is 1.00. The molecule has 1 N–H and O–H groups in total. The Balaban J connectivity index is 2.33. The van der Waals surface area contributed by atoms with Gasteiger partial charge in [0.25, 0.3) is 0 Å². The predicted octanol–water partition coefficient (Wildman–Crippen LogP) is 1.46. The third-order valence-electron chi connectivity index (χ3n) is 3.85. The Morgan fingerprint density at radius 2 is 2.05 bits per heavy atom. The topological polar surface area (TPSA) is 44.8 Å². The number of para-hydroxylation sites is 1. The molecule has 1 aliphatic rings. The Morgan fingerprint density at radius 3 is 2.67 bits per heavy atom. The van der Waals surface area contributed by atoms with Crippen molar-refractivity contribution in [2.24, 2.45) is 0 Å². The minimum Gasteiger partial charge on any atom is -0.496 e. The zero-order valence-corrected chi connectivity index (χ0v) is 13.5. The van der Waals surface area contributed by atoms with Gasteiger partial charge in [0.2, 0.25) is 5.91 Å². The van der Waals surface area contributed by atoms with E-state index in [-0.39, 0.29) is 24.2 Å². The number of nitrogens with one attached hydrogen (secondary N) is 1. The first-order valence-electron chi connectivity index (χ1n) is 7.31. The summed E-state index contributed by atoms with van der Waals surface area (Å²) >= 11 is 0. The zero-order chi connectivity index (χ0) is 15.6. The molecule has 116 valence electrons. The number of carbonyl (C=O) groups is 1. The molecule has 1 fully saturated rings. The highest BCUT2D eigenvalue weighted by Crippen LogP contribution is 2.33. The summed E-state index contributed by atoms with van der Waals surface area (Å²) in [6.45, 7) is 4.82. The molecule has 0 bridgehead atoms. The van der Waals surface area contributed by atoms with Crippen LogP contribution in [-0.2, 0) is 4.79 Å². The summed E-state index contributed by atoms with van der Waals surface area (Å²) in [6, 6.07) is 7.80. The van der Waals surface area contributed by atoms with Crippen LogP contribution in [0.1, 0.15) is 25.6 Å². The lowest BCUT2D eigenvalue weighted by Gasteiger charge is -2.32. The molecule has 1 amide bonds. The average Bonchev–Trinajstić information content (AvgIpc) is 2.74. The molecule has 1 aromatic carbocycles. The fourth-order valence-electron chi connectivity index (χ4n) is 2.96. The maximum Gasteiger partial charge on any atom is 0.241 e. The largest absolute Gasteiger partial charge is 0.496 e. The van der Waals surface area contributed by atoms with Crippen LogP contribution in [0.2, 0.25) is 0 Å². The summed E-state index contributed by atoms with van der Waals surface area (Å²) in [4.78, 5) is 16.5. The second kappa shape index (κ2) is 6.45. The van der Waals surface area contributed by atoms with Gasteiger partial charge in [0.1, 0.15) is 11.9 Å². The number of rotatable bonds is 5. The second-order valence-corrected chi connectivity index (χ2v) is 5.89. The molecule has 0 spiro atoms. The van der Waals surface area contributed by atoms with Gasteiger partial charge in [-0.25, -0.2) is 0 Å². The van der Waals surface area contributed by atoms with Gasteiger partial charge < -0.3 is 14.5 Å². The van der Waals surface area contributed by atoms with Crippen LogP contribution in [0.15, 0.2) is 24.3 Å². The van der Waals surface area contributed by atoms with Crippen molar-refractivity contribution < 1.29 is 9.53 Å². The molecule has 1 aliphatic heterocycles. The number of benzene rings is 1. The Bertz CT molecular complexity index is 504. The first kappa shape index (κ1) is 15.8. The van der Waals surface area contributed by atoms with E-state index in [9.17, 15) is 4.79 Å². The molecule has 5 heteroatoms. The minimum atomic E-state index is -0.176. The predicted molar refractivity (Wildman–Crippen MR) is 83.2 cm³/mol. The number of methoxy groups -OCH3 is 1. The highest BCUT2D eigenvalue weighted by Gasteiger charge is 2.40. The fourth-order valence-corrected chi connectivity index (χ4v) is 2.96. The smallest absolute Gasteiger partial charge is 0.241 e. The summed E-state index contributed by atoms with van der Waals surface area (Å²) in [7, 11) is 5.70. The first-order valence-corrected chi connectivity index (χ1v) is 7.31. The summed E-state index contributed by atoms with van der Waals surface area (Å²) < 4.78 is 5.45. The van der Waals surface area contributed by atoms with Crippen LogP contribution < -0.4 is 10.1 Å². The number of nitrogens with zero attached hydrogens (tertiary/aromatic N) is 2. The van der Waals surface area contributed by atoms with Crippen LogP contribution in [0.25, 0.3) is 0 Å². The maximum atomic E-state index is 12.5. The summed E-state index contributed by atoms with van der Waals surface area (Å²) in [6.07, 6.45) is -0.140. The van der Waals surface area contributed by atoms with E-state index in [2.05, 4.69) is 17.1 Å². The van der Waals surface area contributed by atoms with Gasteiger partial charge in [-0.1, -0.05) is 18.2 Å². The van der Waals surface area contributed by atoms with Gasteiger partial charge in [-0.3, -0.25) is 10.1 Å². The molecule has 2 rings (SSSR count). The molecule has 0 radical (unpaired) electrons. The number of carbonyl (C=O) groups excluding carboxylic acids is 1. The average molecular weight is 291 g/mol. The van der Waals surface area contributed by atoms with Crippen LogP contribution in [0.5, 0.6) is 5.75 Å². The van der Waals surface area contributed by atoms with E-state index in [0.717, 1.165) is 17.9 Å². The molecule has 1 aromatic rings. The second-order valence-electron chi connectivity index (χ2n) is 5.89. The van der Waals surface area contributed by atoms with Crippen molar-refractivity contribution in [1.82, 2.24) is 15.1 Å². The van der Waals surface area contributed by atoms with Crippen LogP contribution in [-0.4, -0.2) is 55.5 Å². The third kappa shape index (κ3) is 3.19. The van der Waals surface area contributed by atoms with E-state index in [1.807, 2.05) is 50.2 Å². The van der Waals surface area contributed by atoms with E-state index in [4.69, 9.17) is 4.74 Å². The van der Waals surface area contributed by atoms with Crippen molar-refractivity contribution in [3.8, 4) is 5.75 Å². The van der Waals surface area contributed by atoms with Gasteiger partial charge in [0.05, 0.1) is 13.2 Å². The lowest BCUT2D eigenvalue weighted by Crippen LogP contribution is -2.43. The number of hydrogen-bond donors (Lipinski definition) is 1. The summed E-state index contributed by atoms with van der Waals surface area (Å²) in [5, 5.41) is 3.38. The SMILES string of the molecule is COc1ccccc1C1NC(C)C(=O)N1C(C)CN(C)C. The number of ether oxygens (including phenoxy) is 1. The van der Waals surface area contributed by atoms with Crippen molar-refractivity contribution in [2.75, 3.05) is 27.7 Å². The van der Waals surface area contributed by atoms with E-state index >= 15 is 0 Å². The monoisotopic (exact) mass is 291 g/mol. The van der Waals surface area contributed by atoms with Gasteiger partial charge in [-0.15, -0.1) is 0 Å². The Morgan fingerprint density at radius 1 is 1.38 bits per heavy atom. The molecule has 3 atom stereocenters. The van der Waals surface area contributed by atoms with Gasteiger partial charge >= 0.3 is 0 Å². The van der Waals surface area contributed by atoms with Crippen LogP contribution in [0.4, 0.5) is 0 Å². The minimum absolute atomic E-state index is 0.125. The van der Waals surface area contributed by atoms with Crippen LogP contribution in [0, 0.1) is 0 Å². The standard InChI is InChI=1S/C16H25N3O2/c1-11(10-18(3)4)19-15(17-12(2)16(19)20)13-8-6-7-9-14(13)21-5/h6-9,11-12,15,17H,10H2,1-5H3. The lowest BCUT2D eigenvalue weighted by molar-refractivity contribution is -0.132. The highest BCUT2D eigenvalue weighted by atomic mass is 16.5. The number of hydrogen-bond acceptors (Lipinski definition) is 4. The quantitative estimate of drug-likeness (QED) is 0.892. The lowest BCUT2D eigenvalue weighted by atomic mass is 10.1. The third-order valence-corrected chi connectivity index (χ3v) is 3.85. The zero-order valence-electron chi connectivity index (χ0n) is 13.5. The van der Waals surface area contributed by atoms with Crippen molar-refractivity contribution in [1.29, 1.82) is 0 Å². The molecule has 0 aromatic heterocycles. The van der Waals surface area contributed by atoms with Crippen molar-refractivity contribution >= 4 is 5.91 Å². The van der Waals surface area contributed by atoms with E-state index < -0.39 is 0 Å². The molecule has 3 unspecified atom stereocenters. The molecule has 1 heterocycles. The molecular weight excluding hydrogens is 266 g/mol. The molecule has 0 saturated carbocycles. The van der Waals surface area contributed by atoms with Gasteiger partial charge in [0, 0.05) is 18.2 Å².